The maximum absolute atomic E-state index is 13.4. The monoisotopic (exact) mass is 247 g/mol. The highest BCUT2D eigenvalue weighted by molar-refractivity contribution is 6.69. The first kappa shape index (κ1) is 11.8. The molecular formula is C14H11ClFN. The van der Waals surface area contributed by atoms with Gasteiger partial charge in [-0.2, -0.15) is 0 Å². The number of nitrogens with zero attached hydrogens (tertiary/aromatic N) is 1. The Morgan fingerprint density at radius 3 is 2.35 bits per heavy atom. The Labute approximate surface area is 105 Å². The van der Waals surface area contributed by atoms with Crippen molar-refractivity contribution in [3.63, 3.8) is 0 Å². The van der Waals surface area contributed by atoms with Gasteiger partial charge in [-0.1, -0.05) is 54.1 Å². The van der Waals surface area contributed by atoms with Gasteiger partial charge < -0.3 is 0 Å². The molecular weight excluding hydrogens is 237 g/mol. The van der Waals surface area contributed by atoms with Gasteiger partial charge in [-0.05, 0) is 17.7 Å². The summed E-state index contributed by atoms with van der Waals surface area (Å²) >= 11 is 5.97. The van der Waals surface area contributed by atoms with Gasteiger partial charge in [0.05, 0.1) is 6.54 Å². The second-order valence-corrected chi connectivity index (χ2v) is 3.93. The van der Waals surface area contributed by atoms with Crippen molar-refractivity contribution in [2.75, 3.05) is 0 Å². The van der Waals surface area contributed by atoms with E-state index in [0.29, 0.717) is 12.1 Å². The minimum absolute atomic E-state index is 0.201. The molecule has 0 saturated heterocycles. The van der Waals surface area contributed by atoms with Gasteiger partial charge in [-0.25, -0.2) is 4.39 Å². The summed E-state index contributed by atoms with van der Waals surface area (Å²) in [5, 5.41) is 0.201. The van der Waals surface area contributed by atoms with Crippen LogP contribution in [0.5, 0.6) is 0 Å². The lowest BCUT2D eigenvalue weighted by atomic mass is 10.2. The fourth-order valence-corrected chi connectivity index (χ4v) is 1.67. The molecule has 0 spiro atoms. The fraction of sp³-hybridized carbons (Fsp3) is 0.0714. The molecule has 2 aromatic carbocycles. The van der Waals surface area contributed by atoms with Crippen LogP contribution in [0.3, 0.4) is 0 Å². The normalized spacial score (nSPS) is 11.5. The van der Waals surface area contributed by atoms with Gasteiger partial charge in [0.15, 0.2) is 0 Å². The van der Waals surface area contributed by atoms with E-state index in [2.05, 4.69) is 4.99 Å². The van der Waals surface area contributed by atoms with Gasteiger partial charge in [0.2, 0.25) is 0 Å². The molecule has 1 nitrogen and oxygen atoms in total. The molecule has 0 aliphatic carbocycles. The summed E-state index contributed by atoms with van der Waals surface area (Å²) in [6.45, 7) is 0.452. The number of benzene rings is 2. The smallest absolute Gasteiger partial charge is 0.134 e. The van der Waals surface area contributed by atoms with Gasteiger partial charge in [-0.15, -0.1) is 0 Å². The number of hydrogen-bond donors (Lipinski definition) is 0. The van der Waals surface area contributed by atoms with E-state index >= 15 is 0 Å². The number of hydrogen-bond acceptors (Lipinski definition) is 1. The van der Waals surface area contributed by atoms with E-state index in [4.69, 9.17) is 11.6 Å². The van der Waals surface area contributed by atoms with Crippen LogP contribution < -0.4 is 0 Å². The summed E-state index contributed by atoms with van der Waals surface area (Å²) in [4.78, 5) is 4.17. The van der Waals surface area contributed by atoms with Gasteiger partial charge >= 0.3 is 0 Å². The van der Waals surface area contributed by atoms with Gasteiger partial charge in [0.25, 0.3) is 0 Å². The van der Waals surface area contributed by atoms with Crippen LogP contribution in [0.15, 0.2) is 59.6 Å². The molecule has 17 heavy (non-hydrogen) atoms. The Balaban J connectivity index is 2.16. The van der Waals surface area contributed by atoms with Crippen molar-refractivity contribution in [1.82, 2.24) is 0 Å². The molecule has 0 aliphatic rings. The third-order valence-electron chi connectivity index (χ3n) is 2.34. The Morgan fingerprint density at radius 1 is 1.00 bits per heavy atom. The zero-order chi connectivity index (χ0) is 12.1. The first-order chi connectivity index (χ1) is 8.27. The first-order valence-corrected chi connectivity index (χ1v) is 5.64. The lowest BCUT2D eigenvalue weighted by Crippen LogP contribution is -1.96. The Morgan fingerprint density at radius 2 is 1.65 bits per heavy atom. The highest BCUT2D eigenvalue weighted by atomic mass is 35.5. The molecule has 0 aliphatic heterocycles. The van der Waals surface area contributed by atoms with Crippen molar-refractivity contribution in [3.8, 4) is 0 Å². The van der Waals surface area contributed by atoms with Gasteiger partial charge in [0.1, 0.15) is 11.0 Å². The molecule has 0 amide bonds. The summed E-state index contributed by atoms with van der Waals surface area (Å²) < 4.78 is 13.4. The molecule has 86 valence electrons. The lowest BCUT2D eigenvalue weighted by Gasteiger charge is -2.01. The largest absolute Gasteiger partial charge is 0.268 e. The first-order valence-electron chi connectivity index (χ1n) is 5.26. The van der Waals surface area contributed by atoms with Crippen LogP contribution in [0.4, 0.5) is 4.39 Å². The molecule has 0 unspecified atom stereocenters. The SMILES string of the molecule is Fc1ccccc1C(Cl)=NCc1ccccc1. The number of rotatable bonds is 3. The van der Waals surface area contributed by atoms with E-state index in [1.165, 1.54) is 6.07 Å². The average Bonchev–Trinajstić information content (AvgIpc) is 2.38. The van der Waals surface area contributed by atoms with Crippen LogP contribution in [0.1, 0.15) is 11.1 Å². The van der Waals surface area contributed by atoms with E-state index in [1.807, 2.05) is 30.3 Å². The fourth-order valence-electron chi connectivity index (χ4n) is 1.46. The van der Waals surface area contributed by atoms with Gasteiger partial charge in [0, 0.05) is 5.56 Å². The molecule has 0 N–H and O–H groups in total. The third-order valence-corrected chi connectivity index (χ3v) is 2.66. The van der Waals surface area contributed by atoms with Crippen molar-refractivity contribution in [1.29, 1.82) is 0 Å². The molecule has 0 aromatic heterocycles. The predicted molar refractivity (Wildman–Crippen MR) is 68.9 cm³/mol. The van der Waals surface area contributed by atoms with E-state index in [0.717, 1.165) is 5.56 Å². The molecule has 0 radical (unpaired) electrons. The molecule has 0 bridgehead atoms. The molecule has 0 fully saturated rings. The highest BCUT2D eigenvalue weighted by Gasteiger charge is 2.05. The van der Waals surface area contributed by atoms with Crippen LogP contribution in [-0.4, -0.2) is 5.17 Å². The zero-order valence-electron chi connectivity index (χ0n) is 9.11. The summed E-state index contributed by atoms with van der Waals surface area (Å²) in [6, 6.07) is 16.1. The summed E-state index contributed by atoms with van der Waals surface area (Å²) in [6.07, 6.45) is 0. The third kappa shape index (κ3) is 3.14. The minimum Gasteiger partial charge on any atom is -0.268 e. The van der Waals surface area contributed by atoms with Gasteiger partial charge in [-0.3, -0.25) is 4.99 Å². The molecule has 0 saturated carbocycles. The van der Waals surface area contributed by atoms with Crippen molar-refractivity contribution in [2.45, 2.75) is 6.54 Å². The van der Waals surface area contributed by atoms with Crippen LogP contribution in [0, 0.1) is 5.82 Å². The summed E-state index contributed by atoms with van der Waals surface area (Å²) in [5.41, 5.74) is 1.38. The maximum Gasteiger partial charge on any atom is 0.134 e. The quantitative estimate of drug-likeness (QED) is 0.727. The molecule has 0 heterocycles. The topological polar surface area (TPSA) is 12.4 Å². The van der Waals surface area contributed by atoms with E-state index in [-0.39, 0.29) is 11.0 Å². The zero-order valence-corrected chi connectivity index (χ0v) is 9.86. The van der Waals surface area contributed by atoms with Crippen molar-refractivity contribution < 1.29 is 4.39 Å². The van der Waals surface area contributed by atoms with Crippen LogP contribution in [0.2, 0.25) is 0 Å². The molecule has 2 rings (SSSR count). The summed E-state index contributed by atoms with van der Waals surface area (Å²) in [5.74, 6) is -0.352. The van der Waals surface area contributed by atoms with E-state index in [1.54, 1.807) is 18.2 Å². The molecule has 2 aromatic rings. The van der Waals surface area contributed by atoms with E-state index in [9.17, 15) is 4.39 Å². The van der Waals surface area contributed by atoms with Crippen LogP contribution in [-0.2, 0) is 6.54 Å². The predicted octanol–water partition coefficient (Wildman–Crippen LogP) is 4.01. The Bertz CT molecular complexity index is 523. The van der Waals surface area contributed by atoms with Crippen LogP contribution >= 0.6 is 11.6 Å². The second kappa shape index (κ2) is 5.60. The van der Waals surface area contributed by atoms with Crippen molar-refractivity contribution >= 4 is 16.8 Å². The molecule has 0 atom stereocenters. The lowest BCUT2D eigenvalue weighted by molar-refractivity contribution is 0.625. The number of aliphatic imine (C=N–C) groups is 1. The minimum atomic E-state index is -0.352. The Hall–Kier alpha value is -1.67. The Kier molecular flexibility index (Phi) is 3.89. The second-order valence-electron chi connectivity index (χ2n) is 3.57. The highest BCUT2D eigenvalue weighted by Crippen LogP contribution is 2.12. The van der Waals surface area contributed by atoms with Crippen molar-refractivity contribution in [3.05, 3.63) is 71.5 Å². The van der Waals surface area contributed by atoms with E-state index < -0.39 is 0 Å². The average molecular weight is 248 g/mol. The summed E-state index contributed by atoms with van der Waals surface area (Å²) in [7, 11) is 0. The standard InChI is InChI=1S/C14H11ClFN/c15-14(12-8-4-5-9-13(12)16)17-10-11-6-2-1-3-7-11/h1-9H,10H2. The number of halogens is 2. The molecule has 3 heteroatoms. The maximum atomic E-state index is 13.4. The van der Waals surface area contributed by atoms with Crippen LogP contribution in [0.25, 0.3) is 0 Å². The van der Waals surface area contributed by atoms with Crippen molar-refractivity contribution in [2.24, 2.45) is 4.99 Å².